The molecule has 3 nitrogen and oxygen atoms in total. The second-order valence-corrected chi connectivity index (χ2v) is 7.75. The first kappa shape index (κ1) is 17.6. The second-order valence-electron chi connectivity index (χ2n) is 6.67. The fourth-order valence-corrected chi connectivity index (χ4v) is 4.59. The number of fused-ring (bicyclic) bond motifs is 1. The molecule has 1 aliphatic rings. The van der Waals surface area contributed by atoms with Gasteiger partial charge in [0.25, 0.3) is 0 Å². The van der Waals surface area contributed by atoms with Gasteiger partial charge < -0.3 is 5.11 Å². The Labute approximate surface area is 159 Å². The van der Waals surface area contributed by atoms with Crippen LogP contribution in [0.15, 0.2) is 59.7 Å². The molecule has 0 aliphatic heterocycles. The van der Waals surface area contributed by atoms with E-state index in [1.54, 1.807) is 17.4 Å². The van der Waals surface area contributed by atoms with E-state index in [4.69, 9.17) is 0 Å². The molecule has 1 N–H and O–H groups in total. The van der Waals surface area contributed by atoms with Crippen LogP contribution in [0.4, 0.5) is 4.39 Å². The number of carbonyl (C=O) groups is 2. The van der Waals surface area contributed by atoms with Crippen molar-refractivity contribution in [1.82, 2.24) is 0 Å². The third-order valence-corrected chi connectivity index (χ3v) is 6.09. The molecule has 1 aromatic heterocycles. The van der Waals surface area contributed by atoms with Crippen LogP contribution in [0, 0.1) is 5.82 Å². The maximum absolute atomic E-state index is 14.6. The number of benzene rings is 2. The highest BCUT2D eigenvalue weighted by Crippen LogP contribution is 2.34. The summed E-state index contributed by atoms with van der Waals surface area (Å²) in [6.45, 7) is 0. The van der Waals surface area contributed by atoms with E-state index in [-0.39, 0.29) is 17.8 Å². The van der Waals surface area contributed by atoms with E-state index in [0.29, 0.717) is 30.4 Å². The van der Waals surface area contributed by atoms with Crippen molar-refractivity contribution in [2.75, 3.05) is 0 Å². The Morgan fingerprint density at radius 1 is 1.04 bits per heavy atom. The summed E-state index contributed by atoms with van der Waals surface area (Å²) >= 11 is 1.60. The van der Waals surface area contributed by atoms with Crippen LogP contribution in [-0.4, -0.2) is 16.9 Å². The molecule has 0 fully saturated rings. The molecule has 0 amide bonds. The molecule has 0 bridgehead atoms. The molecule has 2 aromatic carbocycles. The summed E-state index contributed by atoms with van der Waals surface area (Å²) in [4.78, 5) is 24.7. The number of ketones is 1. The minimum absolute atomic E-state index is 0.107. The topological polar surface area (TPSA) is 54.4 Å². The molecule has 0 saturated carbocycles. The Hall–Kier alpha value is -2.79. The second kappa shape index (κ2) is 7.08. The summed E-state index contributed by atoms with van der Waals surface area (Å²) < 4.78 is 15.8. The van der Waals surface area contributed by atoms with Gasteiger partial charge in [0.1, 0.15) is 5.82 Å². The van der Waals surface area contributed by atoms with E-state index in [2.05, 4.69) is 0 Å². The quantitative estimate of drug-likeness (QED) is 0.646. The van der Waals surface area contributed by atoms with Gasteiger partial charge >= 0.3 is 5.97 Å². The summed E-state index contributed by atoms with van der Waals surface area (Å²) in [6, 6.07) is 14.9. The van der Waals surface area contributed by atoms with Gasteiger partial charge in [0, 0.05) is 27.1 Å². The van der Waals surface area contributed by atoms with Crippen LogP contribution >= 0.6 is 11.3 Å². The zero-order valence-corrected chi connectivity index (χ0v) is 15.3. The fourth-order valence-electron chi connectivity index (χ4n) is 3.54. The van der Waals surface area contributed by atoms with Gasteiger partial charge in [-0.15, -0.1) is 11.3 Å². The van der Waals surface area contributed by atoms with E-state index >= 15 is 0 Å². The first-order valence-electron chi connectivity index (χ1n) is 8.79. The van der Waals surface area contributed by atoms with Crippen LogP contribution < -0.4 is 0 Å². The summed E-state index contributed by atoms with van der Waals surface area (Å²) in [6.07, 6.45) is 1.42. The van der Waals surface area contributed by atoms with E-state index in [1.165, 1.54) is 6.07 Å². The van der Waals surface area contributed by atoms with E-state index in [9.17, 15) is 19.1 Å². The van der Waals surface area contributed by atoms with E-state index in [0.717, 1.165) is 20.5 Å². The number of allylic oxidation sites excluding steroid dienone is 1. The number of aliphatic carboxylic acids is 1. The van der Waals surface area contributed by atoms with Crippen molar-refractivity contribution in [3.8, 4) is 10.4 Å². The van der Waals surface area contributed by atoms with Crippen LogP contribution in [0.2, 0.25) is 0 Å². The Morgan fingerprint density at radius 2 is 1.81 bits per heavy atom. The molecule has 27 heavy (non-hydrogen) atoms. The molecule has 1 aliphatic carbocycles. The highest BCUT2D eigenvalue weighted by Gasteiger charge is 2.25. The van der Waals surface area contributed by atoms with Crippen LogP contribution in [0.5, 0.6) is 0 Å². The number of carbonyl (C=O) groups excluding carboxylic acids is 1. The molecular formula is C22H17FO3S. The predicted molar refractivity (Wildman–Crippen MR) is 104 cm³/mol. The average Bonchev–Trinajstić information content (AvgIpc) is 3.30. The summed E-state index contributed by atoms with van der Waals surface area (Å²) in [5, 5.41) is 10.3. The first-order chi connectivity index (χ1) is 13.0. The number of thiophene rings is 1. The molecule has 3 aromatic rings. The number of Topliss-reactive ketones (excluding diaryl/α,β-unsaturated/α-hetero) is 1. The van der Waals surface area contributed by atoms with Crippen LogP contribution in [0.25, 0.3) is 20.5 Å². The lowest BCUT2D eigenvalue weighted by atomic mass is 9.98. The summed E-state index contributed by atoms with van der Waals surface area (Å²) in [7, 11) is 0. The first-order valence-corrected chi connectivity index (χ1v) is 9.60. The maximum atomic E-state index is 14.6. The standard InChI is InChI=1S/C22H17FO3S/c23-18-10-15(21-12-14-4-1-2-7-20(14)27-21)9-8-13(18)11-19(24)16-5-3-6-17(16)22(25)26/h1-2,4,7-10,12H,3,5-6,11H2,(H,25,26). The van der Waals surface area contributed by atoms with Gasteiger partial charge in [-0.1, -0.05) is 30.3 Å². The Bertz CT molecular complexity index is 1060. The summed E-state index contributed by atoms with van der Waals surface area (Å²) in [5.74, 6) is -1.77. The van der Waals surface area contributed by atoms with Gasteiger partial charge in [0.15, 0.2) is 5.78 Å². The average molecular weight is 380 g/mol. The third kappa shape index (κ3) is 3.43. The Balaban J connectivity index is 1.59. The van der Waals surface area contributed by atoms with E-state index in [1.807, 2.05) is 36.4 Å². The molecular weight excluding hydrogens is 363 g/mol. The SMILES string of the molecule is O=C(O)C1=C(C(=O)Cc2ccc(-c3cc4ccccc4s3)cc2F)CCC1. The van der Waals surface area contributed by atoms with Crippen molar-refractivity contribution in [3.05, 3.63) is 71.1 Å². The van der Waals surface area contributed by atoms with Crippen molar-refractivity contribution >= 4 is 33.2 Å². The number of carboxylic acid groups (broad SMARTS) is 1. The smallest absolute Gasteiger partial charge is 0.331 e. The molecule has 0 radical (unpaired) electrons. The van der Waals surface area contributed by atoms with E-state index < -0.39 is 11.8 Å². The van der Waals surface area contributed by atoms with Crippen LogP contribution in [0.3, 0.4) is 0 Å². The lowest BCUT2D eigenvalue weighted by molar-refractivity contribution is -0.133. The predicted octanol–water partition coefficient (Wildman–Crippen LogP) is 5.38. The molecule has 4 rings (SSSR count). The minimum atomic E-state index is -1.04. The zero-order valence-electron chi connectivity index (χ0n) is 14.5. The van der Waals surface area contributed by atoms with Gasteiger partial charge in [-0.3, -0.25) is 4.79 Å². The highest BCUT2D eigenvalue weighted by atomic mass is 32.1. The molecule has 136 valence electrons. The third-order valence-electron chi connectivity index (χ3n) is 4.93. The molecule has 5 heteroatoms. The highest BCUT2D eigenvalue weighted by molar-refractivity contribution is 7.22. The number of hydrogen-bond donors (Lipinski definition) is 1. The Morgan fingerprint density at radius 3 is 2.56 bits per heavy atom. The number of halogens is 1. The van der Waals surface area contributed by atoms with Crippen LogP contribution in [0.1, 0.15) is 24.8 Å². The number of hydrogen-bond acceptors (Lipinski definition) is 3. The van der Waals surface area contributed by atoms with Crippen molar-refractivity contribution in [2.45, 2.75) is 25.7 Å². The summed E-state index contributed by atoms with van der Waals surface area (Å²) in [5.41, 5.74) is 1.60. The van der Waals surface area contributed by atoms with Crippen molar-refractivity contribution < 1.29 is 19.1 Å². The van der Waals surface area contributed by atoms with Gasteiger partial charge in [-0.05, 0) is 54.0 Å². The van der Waals surface area contributed by atoms with Gasteiger partial charge in [0.2, 0.25) is 0 Å². The lowest BCUT2D eigenvalue weighted by Crippen LogP contribution is -2.11. The number of rotatable bonds is 5. The van der Waals surface area contributed by atoms with Crippen LogP contribution in [-0.2, 0) is 16.0 Å². The van der Waals surface area contributed by atoms with Gasteiger partial charge in [-0.2, -0.15) is 0 Å². The molecule has 0 spiro atoms. The van der Waals surface area contributed by atoms with Gasteiger partial charge in [-0.25, -0.2) is 9.18 Å². The molecule has 0 saturated heterocycles. The van der Waals surface area contributed by atoms with Crippen molar-refractivity contribution in [3.63, 3.8) is 0 Å². The zero-order chi connectivity index (χ0) is 19.0. The monoisotopic (exact) mass is 380 g/mol. The van der Waals surface area contributed by atoms with Crippen molar-refractivity contribution in [2.24, 2.45) is 0 Å². The minimum Gasteiger partial charge on any atom is -0.478 e. The Kier molecular flexibility index (Phi) is 4.62. The van der Waals surface area contributed by atoms with Crippen molar-refractivity contribution in [1.29, 1.82) is 0 Å². The van der Waals surface area contributed by atoms with Gasteiger partial charge in [0.05, 0.1) is 0 Å². The normalized spacial score (nSPS) is 14.1. The fraction of sp³-hybridized carbons (Fsp3) is 0.182. The lowest BCUT2D eigenvalue weighted by Gasteiger charge is -2.07. The maximum Gasteiger partial charge on any atom is 0.331 e. The molecule has 0 atom stereocenters. The largest absolute Gasteiger partial charge is 0.478 e. The molecule has 1 heterocycles. The number of carboxylic acids is 1. The molecule has 0 unspecified atom stereocenters.